The minimum atomic E-state index is -0.476. The molecule has 1 aromatic rings. The van der Waals surface area contributed by atoms with E-state index in [2.05, 4.69) is 66.0 Å². The molecule has 2 atom stereocenters. The molecule has 5 heteroatoms. The highest BCUT2D eigenvalue weighted by molar-refractivity contribution is 14.1. The maximum absolute atomic E-state index is 11.5. The molecule has 0 spiro atoms. The molecule has 0 aromatic heterocycles. The number of ether oxygens (including phenoxy) is 2. The lowest BCUT2D eigenvalue weighted by molar-refractivity contribution is 0.0489. The van der Waals surface area contributed by atoms with Gasteiger partial charge in [0, 0.05) is 12.5 Å². The molecule has 0 radical (unpaired) electrons. The number of aryl methyl sites for hydroxylation is 1. The number of hydrogen-bond acceptors (Lipinski definition) is 3. The summed E-state index contributed by atoms with van der Waals surface area (Å²) < 4.78 is 11.0. The SMILES string of the molecule is Cc1cccc(C(C)C(I)OCCNC(=O)OC(C)(C)C)c1. The molecule has 22 heavy (non-hydrogen) atoms. The maximum Gasteiger partial charge on any atom is 0.407 e. The smallest absolute Gasteiger partial charge is 0.407 e. The van der Waals surface area contributed by atoms with E-state index in [1.54, 1.807) is 0 Å². The molecule has 0 aliphatic rings. The van der Waals surface area contributed by atoms with Gasteiger partial charge in [-0.3, -0.25) is 0 Å². The number of carbonyl (C=O) groups is 1. The van der Waals surface area contributed by atoms with Crippen LogP contribution in [0.5, 0.6) is 0 Å². The number of nitrogens with one attached hydrogen (secondary N) is 1. The fraction of sp³-hybridized carbons (Fsp3) is 0.588. The Morgan fingerprint density at radius 1 is 1.36 bits per heavy atom. The Balaban J connectivity index is 2.31. The predicted octanol–water partition coefficient (Wildman–Crippen LogP) is 4.40. The van der Waals surface area contributed by atoms with Gasteiger partial charge in [-0.15, -0.1) is 0 Å². The molecular formula is C17H26INO3. The number of rotatable bonds is 6. The average molecular weight is 419 g/mol. The van der Waals surface area contributed by atoms with Crippen LogP contribution in [0, 0.1) is 6.92 Å². The summed E-state index contributed by atoms with van der Waals surface area (Å²) in [5, 5.41) is 2.69. The first kappa shape index (κ1) is 19.2. The van der Waals surface area contributed by atoms with Gasteiger partial charge >= 0.3 is 6.09 Å². The first-order chi connectivity index (χ1) is 10.2. The van der Waals surface area contributed by atoms with Crippen LogP contribution in [0.3, 0.4) is 0 Å². The summed E-state index contributed by atoms with van der Waals surface area (Å²) in [6.45, 7) is 10.7. The van der Waals surface area contributed by atoms with Crippen LogP contribution < -0.4 is 5.32 Å². The van der Waals surface area contributed by atoms with Gasteiger partial charge in [0.2, 0.25) is 0 Å². The summed E-state index contributed by atoms with van der Waals surface area (Å²) in [5.74, 6) is 0.294. The van der Waals surface area contributed by atoms with Crippen LogP contribution >= 0.6 is 22.6 Å². The van der Waals surface area contributed by atoms with Gasteiger partial charge in [-0.25, -0.2) is 4.79 Å². The monoisotopic (exact) mass is 419 g/mol. The number of benzene rings is 1. The largest absolute Gasteiger partial charge is 0.444 e. The standard InChI is InChI=1S/C17H26INO3/c1-12-7-6-8-14(11-12)13(2)15(18)21-10-9-19-16(20)22-17(3,4)5/h6-8,11,13,15H,9-10H2,1-5H3,(H,19,20). The van der Waals surface area contributed by atoms with Gasteiger partial charge in [-0.2, -0.15) is 0 Å². The highest BCUT2D eigenvalue weighted by atomic mass is 127. The van der Waals surface area contributed by atoms with Gasteiger partial charge in [0.15, 0.2) is 0 Å². The third-order valence-electron chi connectivity index (χ3n) is 3.01. The molecule has 2 unspecified atom stereocenters. The van der Waals surface area contributed by atoms with Gasteiger partial charge in [0.25, 0.3) is 0 Å². The first-order valence-corrected chi connectivity index (χ1v) is 8.72. The molecule has 1 rings (SSSR count). The van der Waals surface area contributed by atoms with Crippen LogP contribution in [0.2, 0.25) is 0 Å². The van der Waals surface area contributed by atoms with E-state index in [1.807, 2.05) is 20.8 Å². The van der Waals surface area contributed by atoms with Gasteiger partial charge in [0.05, 0.1) is 6.61 Å². The van der Waals surface area contributed by atoms with E-state index in [-0.39, 0.29) is 4.11 Å². The normalized spacial score (nSPS) is 14.3. The summed E-state index contributed by atoms with van der Waals surface area (Å²) in [4.78, 5) is 11.5. The van der Waals surface area contributed by atoms with E-state index in [1.165, 1.54) is 11.1 Å². The van der Waals surface area contributed by atoms with E-state index in [4.69, 9.17) is 9.47 Å². The highest BCUT2D eigenvalue weighted by Crippen LogP contribution is 2.26. The Labute approximate surface area is 147 Å². The summed E-state index contributed by atoms with van der Waals surface area (Å²) in [6, 6.07) is 8.45. The molecule has 1 amide bonds. The van der Waals surface area contributed by atoms with Crippen molar-refractivity contribution in [2.45, 2.75) is 50.2 Å². The Hall–Kier alpha value is -0.820. The summed E-state index contributed by atoms with van der Waals surface area (Å²) in [6.07, 6.45) is -0.409. The number of amides is 1. The maximum atomic E-state index is 11.5. The van der Waals surface area contributed by atoms with Crippen LogP contribution in [0.1, 0.15) is 44.7 Å². The lowest BCUT2D eigenvalue weighted by Crippen LogP contribution is -2.34. The van der Waals surface area contributed by atoms with Crippen LogP contribution in [-0.4, -0.2) is 29.0 Å². The Kier molecular flexibility index (Phi) is 7.62. The third kappa shape index (κ3) is 7.45. The van der Waals surface area contributed by atoms with Crippen LogP contribution in [0.4, 0.5) is 4.79 Å². The van der Waals surface area contributed by atoms with Crippen molar-refractivity contribution in [3.8, 4) is 0 Å². The Bertz CT molecular complexity index is 485. The van der Waals surface area contributed by atoms with E-state index in [0.717, 1.165) is 0 Å². The lowest BCUT2D eigenvalue weighted by atomic mass is 10.0. The van der Waals surface area contributed by atoms with E-state index in [9.17, 15) is 4.79 Å². The zero-order valence-corrected chi connectivity index (χ0v) is 16.1. The summed E-state index contributed by atoms with van der Waals surface area (Å²) >= 11 is 2.30. The van der Waals surface area contributed by atoms with Crippen molar-refractivity contribution in [3.05, 3.63) is 35.4 Å². The first-order valence-electron chi connectivity index (χ1n) is 7.48. The second kappa shape index (κ2) is 8.72. The second-order valence-corrected chi connectivity index (χ2v) is 7.58. The zero-order valence-electron chi connectivity index (χ0n) is 14.0. The minimum Gasteiger partial charge on any atom is -0.444 e. The minimum absolute atomic E-state index is 0.0554. The topological polar surface area (TPSA) is 47.6 Å². The van der Waals surface area contributed by atoms with Gasteiger partial charge in [-0.05, 0) is 33.3 Å². The van der Waals surface area contributed by atoms with Crippen molar-refractivity contribution in [1.82, 2.24) is 5.32 Å². The van der Waals surface area contributed by atoms with Crippen molar-refractivity contribution >= 4 is 28.7 Å². The van der Waals surface area contributed by atoms with Crippen LogP contribution in [-0.2, 0) is 9.47 Å². The molecule has 0 heterocycles. The van der Waals surface area contributed by atoms with Crippen LogP contribution in [0.25, 0.3) is 0 Å². The third-order valence-corrected chi connectivity index (χ3v) is 4.45. The Morgan fingerprint density at radius 2 is 2.05 bits per heavy atom. The number of carbonyl (C=O) groups excluding carboxylic acids is 1. The molecule has 0 bridgehead atoms. The molecule has 0 saturated carbocycles. The van der Waals surface area contributed by atoms with Gasteiger partial charge in [-0.1, -0.05) is 59.3 Å². The van der Waals surface area contributed by atoms with Crippen molar-refractivity contribution in [2.75, 3.05) is 13.2 Å². The average Bonchev–Trinajstić information content (AvgIpc) is 2.40. The van der Waals surface area contributed by atoms with E-state index in [0.29, 0.717) is 19.1 Å². The summed E-state index contributed by atoms with van der Waals surface area (Å²) in [7, 11) is 0. The number of hydrogen-bond donors (Lipinski definition) is 1. The number of alkyl halides is 1. The molecule has 0 fully saturated rings. The van der Waals surface area contributed by atoms with E-state index >= 15 is 0 Å². The molecule has 0 aliphatic carbocycles. The van der Waals surface area contributed by atoms with Crippen molar-refractivity contribution < 1.29 is 14.3 Å². The predicted molar refractivity (Wildman–Crippen MR) is 97.6 cm³/mol. The van der Waals surface area contributed by atoms with E-state index < -0.39 is 11.7 Å². The fourth-order valence-electron chi connectivity index (χ4n) is 1.89. The summed E-state index contributed by atoms with van der Waals surface area (Å²) in [5.41, 5.74) is 2.04. The lowest BCUT2D eigenvalue weighted by Gasteiger charge is -2.21. The molecule has 4 nitrogen and oxygen atoms in total. The van der Waals surface area contributed by atoms with Gasteiger partial charge in [0.1, 0.15) is 9.71 Å². The number of alkyl carbamates (subject to hydrolysis) is 1. The molecule has 0 aliphatic heterocycles. The van der Waals surface area contributed by atoms with Gasteiger partial charge < -0.3 is 14.8 Å². The second-order valence-electron chi connectivity index (χ2n) is 6.35. The molecule has 1 aromatic carbocycles. The quantitative estimate of drug-likeness (QED) is 0.423. The Morgan fingerprint density at radius 3 is 2.64 bits per heavy atom. The fourth-order valence-corrected chi connectivity index (χ4v) is 2.56. The molecule has 1 N–H and O–H groups in total. The van der Waals surface area contributed by atoms with Crippen LogP contribution in [0.15, 0.2) is 24.3 Å². The highest BCUT2D eigenvalue weighted by Gasteiger charge is 2.18. The zero-order chi connectivity index (χ0) is 16.8. The molecular weight excluding hydrogens is 393 g/mol. The van der Waals surface area contributed by atoms with Crippen molar-refractivity contribution in [3.63, 3.8) is 0 Å². The number of halogens is 1. The van der Waals surface area contributed by atoms with Crippen molar-refractivity contribution in [1.29, 1.82) is 0 Å². The molecule has 124 valence electrons. The van der Waals surface area contributed by atoms with Crippen molar-refractivity contribution in [2.24, 2.45) is 0 Å². The molecule has 0 saturated heterocycles.